The van der Waals surface area contributed by atoms with Crippen LogP contribution in [0.1, 0.15) is 55.6 Å². The third kappa shape index (κ3) is 2.54. The van der Waals surface area contributed by atoms with Crippen LogP contribution < -0.4 is 5.32 Å². The molecule has 0 spiro atoms. The average Bonchev–Trinajstić information content (AvgIpc) is 2.59. The van der Waals surface area contributed by atoms with Gasteiger partial charge in [0.2, 0.25) is 0 Å². The zero-order valence-corrected chi connectivity index (χ0v) is 11.6. The van der Waals surface area contributed by atoms with Gasteiger partial charge in [0.25, 0.3) is 0 Å². The summed E-state index contributed by atoms with van der Waals surface area (Å²) in [6.07, 6.45) is 5.29. The molecule has 1 N–H and O–H groups in total. The largest absolute Gasteiger partial charge is 0.316 e. The molecule has 1 aromatic rings. The zero-order valence-electron chi connectivity index (χ0n) is 11.6. The molecule has 0 atom stereocenters. The molecular weight excluding hydrogens is 210 g/mol. The van der Waals surface area contributed by atoms with E-state index in [4.69, 9.17) is 5.10 Å². The van der Waals surface area contributed by atoms with Crippen molar-refractivity contribution in [2.45, 2.75) is 59.0 Å². The van der Waals surface area contributed by atoms with Crippen LogP contribution in [0.25, 0.3) is 0 Å². The van der Waals surface area contributed by atoms with Gasteiger partial charge in [0.1, 0.15) is 0 Å². The minimum atomic E-state index is 0.635. The molecule has 0 aliphatic heterocycles. The molecule has 1 aromatic heterocycles. The Kier molecular flexibility index (Phi) is 3.87. The van der Waals surface area contributed by atoms with Crippen LogP contribution in [-0.2, 0) is 6.54 Å². The summed E-state index contributed by atoms with van der Waals surface area (Å²) in [6, 6.07) is 0.635. The Balaban J connectivity index is 2.18. The third-order valence-electron chi connectivity index (χ3n) is 4.16. The normalized spacial score (nSPS) is 25.2. The third-order valence-corrected chi connectivity index (χ3v) is 4.16. The van der Waals surface area contributed by atoms with Crippen molar-refractivity contribution in [3.8, 4) is 0 Å². The van der Waals surface area contributed by atoms with Gasteiger partial charge in [-0.25, -0.2) is 0 Å². The minimum Gasteiger partial charge on any atom is -0.316 e. The molecule has 96 valence electrons. The molecule has 1 saturated carbocycles. The van der Waals surface area contributed by atoms with E-state index in [1.807, 2.05) is 7.05 Å². The molecule has 1 aliphatic rings. The summed E-state index contributed by atoms with van der Waals surface area (Å²) in [5.41, 5.74) is 3.93. The molecule has 1 heterocycles. The van der Waals surface area contributed by atoms with Gasteiger partial charge in [-0.1, -0.05) is 6.92 Å². The Morgan fingerprint density at radius 1 is 1.24 bits per heavy atom. The Morgan fingerprint density at radius 2 is 1.88 bits per heavy atom. The van der Waals surface area contributed by atoms with E-state index >= 15 is 0 Å². The SMILES string of the molecule is CNCc1c(C)nn(C2CCC(C)CC2)c1C. The first kappa shape index (κ1) is 12.6. The van der Waals surface area contributed by atoms with Crippen molar-refractivity contribution < 1.29 is 0 Å². The fourth-order valence-corrected chi connectivity index (χ4v) is 2.97. The Bertz CT molecular complexity index is 373. The fraction of sp³-hybridized carbons (Fsp3) is 0.786. The second-order valence-corrected chi connectivity index (χ2v) is 5.54. The first-order valence-corrected chi connectivity index (χ1v) is 6.82. The molecule has 0 radical (unpaired) electrons. The maximum absolute atomic E-state index is 4.75. The minimum absolute atomic E-state index is 0.635. The van der Waals surface area contributed by atoms with Gasteiger partial charge in [0.15, 0.2) is 0 Å². The van der Waals surface area contributed by atoms with Gasteiger partial charge in [0.05, 0.1) is 11.7 Å². The molecule has 2 rings (SSSR count). The topological polar surface area (TPSA) is 29.9 Å². The van der Waals surface area contributed by atoms with E-state index in [2.05, 4.69) is 30.8 Å². The van der Waals surface area contributed by atoms with E-state index in [-0.39, 0.29) is 0 Å². The standard InChI is InChI=1S/C14H25N3/c1-10-5-7-13(8-6-10)17-12(3)14(9-15-4)11(2)16-17/h10,13,15H,5-9H2,1-4H3. The average molecular weight is 235 g/mol. The molecule has 17 heavy (non-hydrogen) atoms. The molecule has 3 heteroatoms. The summed E-state index contributed by atoms with van der Waals surface area (Å²) in [6.45, 7) is 7.64. The molecule has 3 nitrogen and oxygen atoms in total. The van der Waals surface area contributed by atoms with Crippen molar-refractivity contribution in [2.75, 3.05) is 7.05 Å². The summed E-state index contributed by atoms with van der Waals surface area (Å²) in [5, 5.41) is 7.99. The molecule has 1 fully saturated rings. The van der Waals surface area contributed by atoms with Crippen molar-refractivity contribution in [1.29, 1.82) is 0 Å². The van der Waals surface area contributed by atoms with Crippen LogP contribution in [0.4, 0.5) is 0 Å². The van der Waals surface area contributed by atoms with Gasteiger partial charge in [-0.15, -0.1) is 0 Å². The van der Waals surface area contributed by atoms with Crippen molar-refractivity contribution in [2.24, 2.45) is 5.92 Å². The van der Waals surface area contributed by atoms with Gasteiger partial charge in [-0.3, -0.25) is 4.68 Å². The fourth-order valence-electron chi connectivity index (χ4n) is 2.97. The lowest BCUT2D eigenvalue weighted by Crippen LogP contribution is -2.19. The lowest BCUT2D eigenvalue weighted by Gasteiger charge is -2.27. The lowest BCUT2D eigenvalue weighted by molar-refractivity contribution is 0.270. The van der Waals surface area contributed by atoms with Crippen LogP contribution in [0.15, 0.2) is 0 Å². The number of nitrogens with one attached hydrogen (secondary N) is 1. The van der Waals surface area contributed by atoms with Crippen molar-refractivity contribution >= 4 is 0 Å². The molecule has 0 saturated heterocycles. The number of nitrogens with zero attached hydrogens (tertiary/aromatic N) is 2. The Morgan fingerprint density at radius 3 is 2.47 bits per heavy atom. The first-order chi connectivity index (χ1) is 8.13. The highest BCUT2D eigenvalue weighted by Crippen LogP contribution is 2.33. The van der Waals surface area contributed by atoms with Crippen LogP contribution in [0.2, 0.25) is 0 Å². The summed E-state index contributed by atoms with van der Waals surface area (Å²) >= 11 is 0. The van der Waals surface area contributed by atoms with Gasteiger partial charge < -0.3 is 5.32 Å². The van der Waals surface area contributed by atoms with Gasteiger partial charge in [-0.2, -0.15) is 5.10 Å². The van der Waals surface area contributed by atoms with E-state index in [0.717, 1.165) is 12.5 Å². The number of rotatable bonds is 3. The van der Waals surface area contributed by atoms with E-state index in [1.165, 1.54) is 42.6 Å². The highest BCUT2D eigenvalue weighted by molar-refractivity contribution is 5.24. The monoisotopic (exact) mass is 235 g/mol. The highest BCUT2D eigenvalue weighted by Gasteiger charge is 2.23. The predicted molar refractivity (Wildman–Crippen MR) is 71.1 cm³/mol. The van der Waals surface area contributed by atoms with Crippen LogP contribution in [-0.4, -0.2) is 16.8 Å². The Hall–Kier alpha value is -0.830. The molecule has 0 amide bonds. The van der Waals surface area contributed by atoms with Gasteiger partial charge in [0, 0.05) is 17.8 Å². The van der Waals surface area contributed by atoms with Crippen LogP contribution in [0, 0.1) is 19.8 Å². The van der Waals surface area contributed by atoms with Crippen LogP contribution >= 0.6 is 0 Å². The van der Waals surface area contributed by atoms with Crippen molar-refractivity contribution in [3.63, 3.8) is 0 Å². The van der Waals surface area contributed by atoms with E-state index in [0.29, 0.717) is 6.04 Å². The maximum atomic E-state index is 4.75. The van der Waals surface area contributed by atoms with Crippen molar-refractivity contribution in [3.05, 3.63) is 17.0 Å². The second kappa shape index (κ2) is 5.21. The van der Waals surface area contributed by atoms with Gasteiger partial charge >= 0.3 is 0 Å². The van der Waals surface area contributed by atoms with Crippen LogP contribution in [0.3, 0.4) is 0 Å². The second-order valence-electron chi connectivity index (χ2n) is 5.54. The van der Waals surface area contributed by atoms with E-state index in [1.54, 1.807) is 0 Å². The summed E-state index contributed by atoms with van der Waals surface area (Å²) in [7, 11) is 2.00. The smallest absolute Gasteiger partial charge is 0.0641 e. The van der Waals surface area contributed by atoms with Crippen molar-refractivity contribution in [1.82, 2.24) is 15.1 Å². The van der Waals surface area contributed by atoms with Gasteiger partial charge in [-0.05, 0) is 52.5 Å². The maximum Gasteiger partial charge on any atom is 0.0641 e. The summed E-state index contributed by atoms with van der Waals surface area (Å²) in [5.74, 6) is 0.903. The first-order valence-electron chi connectivity index (χ1n) is 6.82. The number of hydrogen-bond donors (Lipinski definition) is 1. The highest BCUT2D eigenvalue weighted by atomic mass is 15.3. The van der Waals surface area contributed by atoms with E-state index < -0.39 is 0 Å². The number of aromatic nitrogens is 2. The summed E-state index contributed by atoms with van der Waals surface area (Å²) in [4.78, 5) is 0. The molecular formula is C14H25N3. The van der Waals surface area contributed by atoms with E-state index in [9.17, 15) is 0 Å². The number of aryl methyl sites for hydroxylation is 1. The molecule has 0 aromatic carbocycles. The predicted octanol–water partition coefficient (Wildman–Crippen LogP) is 2.97. The quantitative estimate of drug-likeness (QED) is 0.873. The summed E-state index contributed by atoms with van der Waals surface area (Å²) < 4.78 is 2.29. The Labute approximate surface area is 105 Å². The molecule has 0 bridgehead atoms. The van der Waals surface area contributed by atoms with Crippen LogP contribution in [0.5, 0.6) is 0 Å². The number of hydrogen-bond acceptors (Lipinski definition) is 2. The molecule has 0 unspecified atom stereocenters. The lowest BCUT2D eigenvalue weighted by atomic mass is 9.87. The zero-order chi connectivity index (χ0) is 12.4. The molecule has 1 aliphatic carbocycles.